The van der Waals surface area contributed by atoms with Crippen LogP contribution in [0.1, 0.15) is 28.9 Å². The van der Waals surface area contributed by atoms with Crippen LogP contribution in [0.25, 0.3) is 0 Å². The zero-order valence-corrected chi connectivity index (χ0v) is 10.8. The van der Waals surface area contributed by atoms with Crippen LogP contribution in [0.4, 0.5) is 0 Å². The molecule has 0 unspecified atom stereocenters. The summed E-state index contributed by atoms with van der Waals surface area (Å²) in [6, 6.07) is 16.6. The van der Waals surface area contributed by atoms with E-state index in [1.807, 2.05) is 49.4 Å². The van der Waals surface area contributed by atoms with E-state index in [0.29, 0.717) is 10.6 Å². The van der Waals surface area contributed by atoms with E-state index in [0.717, 1.165) is 5.56 Å². The van der Waals surface area contributed by atoms with Crippen LogP contribution in [0.2, 0.25) is 5.02 Å². The van der Waals surface area contributed by atoms with E-state index < -0.39 is 0 Å². The van der Waals surface area contributed by atoms with E-state index in [-0.39, 0.29) is 11.9 Å². The third-order valence-corrected chi connectivity index (χ3v) is 3.01. The second-order valence-corrected chi connectivity index (χ2v) is 4.55. The molecule has 2 nitrogen and oxygen atoms in total. The molecule has 0 saturated heterocycles. The first kappa shape index (κ1) is 12.7. The minimum atomic E-state index is -0.0712. The molecule has 0 fully saturated rings. The molecule has 1 N–H and O–H groups in total. The predicted molar refractivity (Wildman–Crippen MR) is 73.8 cm³/mol. The van der Waals surface area contributed by atoms with Crippen molar-refractivity contribution in [1.82, 2.24) is 5.32 Å². The summed E-state index contributed by atoms with van der Waals surface area (Å²) >= 11 is 5.83. The molecule has 0 spiro atoms. The molecule has 92 valence electrons. The number of hydrogen-bond donors (Lipinski definition) is 1. The fraction of sp³-hybridized carbons (Fsp3) is 0.133. The molecule has 0 aliphatic heterocycles. The first-order valence-corrected chi connectivity index (χ1v) is 6.16. The van der Waals surface area contributed by atoms with E-state index in [9.17, 15) is 4.79 Å². The van der Waals surface area contributed by atoms with Crippen LogP contribution < -0.4 is 5.32 Å². The number of rotatable bonds is 3. The van der Waals surface area contributed by atoms with E-state index in [1.54, 1.807) is 12.1 Å². The van der Waals surface area contributed by atoms with Crippen LogP contribution in [0, 0.1) is 0 Å². The van der Waals surface area contributed by atoms with Gasteiger partial charge in [0.25, 0.3) is 5.91 Å². The Balaban J connectivity index is 2.06. The number of carbonyl (C=O) groups is 1. The first-order valence-electron chi connectivity index (χ1n) is 5.78. The van der Waals surface area contributed by atoms with Crippen LogP contribution in [0.5, 0.6) is 0 Å². The highest BCUT2D eigenvalue weighted by Crippen LogP contribution is 2.16. The Kier molecular flexibility index (Phi) is 4.00. The third kappa shape index (κ3) is 3.11. The fourth-order valence-corrected chi connectivity index (χ4v) is 1.83. The summed E-state index contributed by atoms with van der Waals surface area (Å²) in [6.45, 7) is 1.95. The van der Waals surface area contributed by atoms with Gasteiger partial charge in [-0.05, 0) is 36.8 Å². The number of amides is 1. The number of benzene rings is 2. The van der Waals surface area contributed by atoms with Crippen LogP contribution >= 0.6 is 11.6 Å². The third-order valence-electron chi connectivity index (χ3n) is 2.75. The maximum absolute atomic E-state index is 12.0. The molecular formula is C15H14ClNO. The molecule has 2 aromatic rings. The van der Waals surface area contributed by atoms with E-state index in [2.05, 4.69) is 5.32 Å². The molecule has 0 bridgehead atoms. The van der Waals surface area contributed by atoms with E-state index in [1.165, 1.54) is 0 Å². The van der Waals surface area contributed by atoms with Crippen molar-refractivity contribution < 1.29 is 4.79 Å². The van der Waals surface area contributed by atoms with Crippen LogP contribution in [-0.4, -0.2) is 5.91 Å². The van der Waals surface area contributed by atoms with Crippen molar-refractivity contribution in [3.63, 3.8) is 0 Å². The van der Waals surface area contributed by atoms with Crippen molar-refractivity contribution in [1.29, 1.82) is 0 Å². The minimum Gasteiger partial charge on any atom is -0.346 e. The second kappa shape index (κ2) is 5.69. The van der Waals surface area contributed by atoms with Crippen molar-refractivity contribution in [3.05, 3.63) is 70.7 Å². The van der Waals surface area contributed by atoms with E-state index in [4.69, 9.17) is 11.6 Å². The van der Waals surface area contributed by atoms with Crippen molar-refractivity contribution in [2.75, 3.05) is 0 Å². The highest BCUT2D eigenvalue weighted by Gasteiger charge is 2.10. The van der Waals surface area contributed by atoms with Crippen molar-refractivity contribution >= 4 is 17.5 Å². The van der Waals surface area contributed by atoms with Crippen LogP contribution in [0.15, 0.2) is 54.6 Å². The summed E-state index contributed by atoms with van der Waals surface area (Å²) in [7, 11) is 0. The Bertz CT molecular complexity index is 522. The van der Waals surface area contributed by atoms with Gasteiger partial charge in [-0.1, -0.05) is 41.9 Å². The summed E-state index contributed by atoms with van der Waals surface area (Å²) in [5, 5.41) is 3.64. The van der Waals surface area contributed by atoms with Gasteiger partial charge in [0.15, 0.2) is 0 Å². The van der Waals surface area contributed by atoms with Gasteiger partial charge in [0.2, 0.25) is 0 Å². The summed E-state index contributed by atoms with van der Waals surface area (Å²) in [6.07, 6.45) is 0. The molecule has 0 aromatic heterocycles. The standard InChI is InChI=1S/C15H14ClNO/c1-11(12-7-9-14(16)10-8-12)17-15(18)13-5-3-2-4-6-13/h2-11H,1H3,(H,17,18)/t11-/m0/s1. The smallest absolute Gasteiger partial charge is 0.251 e. The SMILES string of the molecule is C[C@H](NC(=O)c1ccccc1)c1ccc(Cl)cc1. The average Bonchev–Trinajstić information content (AvgIpc) is 2.40. The van der Waals surface area contributed by atoms with Crippen LogP contribution in [0.3, 0.4) is 0 Å². The molecule has 3 heteroatoms. The van der Waals surface area contributed by atoms with Gasteiger partial charge in [0.1, 0.15) is 0 Å². The van der Waals surface area contributed by atoms with Gasteiger partial charge < -0.3 is 5.32 Å². The quantitative estimate of drug-likeness (QED) is 0.892. The minimum absolute atomic E-state index is 0.0463. The van der Waals surface area contributed by atoms with Gasteiger partial charge in [0, 0.05) is 10.6 Å². The molecule has 2 rings (SSSR count). The van der Waals surface area contributed by atoms with Gasteiger partial charge in [-0.25, -0.2) is 0 Å². The average molecular weight is 260 g/mol. The molecular weight excluding hydrogens is 246 g/mol. The highest BCUT2D eigenvalue weighted by atomic mass is 35.5. The number of carbonyl (C=O) groups excluding carboxylic acids is 1. The van der Waals surface area contributed by atoms with Gasteiger partial charge in [0.05, 0.1) is 6.04 Å². The Morgan fingerprint density at radius 3 is 2.28 bits per heavy atom. The van der Waals surface area contributed by atoms with Gasteiger partial charge in [-0.15, -0.1) is 0 Å². The molecule has 2 aromatic carbocycles. The molecule has 0 aliphatic rings. The predicted octanol–water partition coefficient (Wildman–Crippen LogP) is 3.83. The largest absolute Gasteiger partial charge is 0.346 e. The maximum atomic E-state index is 12.0. The van der Waals surface area contributed by atoms with Gasteiger partial charge in [-0.3, -0.25) is 4.79 Å². The Morgan fingerprint density at radius 2 is 1.67 bits per heavy atom. The van der Waals surface area contributed by atoms with E-state index >= 15 is 0 Å². The Morgan fingerprint density at radius 1 is 1.06 bits per heavy atom. The van der Waals surface area contributed by atoms with Gasteiger partial charge in [-0.2, -0.15) is 0 Å². The maximum Gasteiger partial charge on any atom is 0.251 e. The monoisotopic (exact) mass is 259 g/mol. The summed E-state index contributed by atoms with van der Waals surface area (Å²) in [5.41, 5.74) is 1.70. The molecule has 0 aliphatic carbocycles. The zero-order valence-electron chi connectivity index (χ0n) is 10.1. The Hall–Kier alpha value is -1.80. The molecule has 0 saturated carbocycles. The normalized spacial score (nSPS) is 11.9. The summed E-state index contributed by atoms with van der Waals surface area (Å²) in [4.78, 5) is 12.0. The van der Waals surface area contributed by atoms with Gasteiger partial charge >= 0.3 is 0 Å². The number of hydrogen-bond acceptors (Lipinski definition) is 1. The van der Waals surface area contributed by atoms with Crippen LogP contribution in [-0.2, 0) is 0 Å². The zero-order chi connectivity index (χ0) is 13.0. The van der Waals surface area contributed by atoms with Crippen molar-refractivity contribution in [2.24, 2.45) is 0 Å². The second-order valence-electron chi connectivity index (χ2n) is 4.11. The lowest BCUT2D eigenvalue weighted by Gasteiger charge is -2.14. The molecule has 0 heterocycles. The summed E-state index contributed by atoms with van der Waals surface area (Å²) in [5.74, 6) is -0.0712. The molecule has 0 radical (unpaired) electrons. The highest BCUT2D eigenvalue weighted by molar-refractivity contribution is 6.30. The van der Waals surface area contributed by atoms with Crippen molar-refractivity contribution in [2.45, 2.75) is 13.0 Å². The summed E-state index contributed by atoms with van der Waals surface area (Å²) < 4.78 is 0. The lowest BCUT2D eigenvalue weighted by Crippen LogP contribution is -2.26. The topological polar surface area (TPSA) is 29.1 Å². The number of nitrogens with one attached hydrogen (secondary N) is 1. The molecule has 18 heavy (non-hydrogen) atoms. The molecule has 1 atom stereocenters. The fourth-order valence-electron chi connectivity index (χ4n) is 1.70. The first-order chi connectivity index (χ1) is 8.66. The van der Waals surface area contributed by atoms with Crippen molar-refractivity contribution in [3.8, 4) is 0 Å². The molecule has 1 amide bonds. The lowest BCUT2D eigenvalue weighted by atomic mass is 10.1. The number of halogens is 1. The lowest BCUT2D eigenvalue weighted by molar-refractivity contribution is 0.0940. The Labute approximate surface area is 112 Å².